The molecule has 0 atom stereocenters. The molecule has 124 valence electrons. The van der Waals surface area contributed by atoms with E-state index in [9.17, 15) is 4.79 Å². The molecule has 3 nitrogen and oxygen atoms in total. The number of piperidine rings is 1. The number of hydrogen-bond donors (Lipinski definition) is 1. The SMILES string of the molecule is CNCC1CCN(C(=O)c2ccc(SC(C)C)cc2)CC1.Cl. The van der Waals surface area contributed by atoms with Gasteiger partial charge in [0.25, 0.3) is 5.91 Å². The first-order chi connectivity index (χ1) is 10.1. The molecular weight excluding hydrogens is 316 g/mol. The molecule has 1 aromatic carbocycles. The number of nitrogens with one attached hydrogen (secondary N) is 1. The average molecular weight is 343 g/mol. The summed E-state index contributed by atoms with van der Waals surface area (Å²) in [6.45, 7) is 7.18. The predicted octanol–water partition coefficient (Wildman–Crippen LogP) is 3.68. The summed E-state index contributed by atoms with van der Waals surface area (Å²) in [7, 11) is 1.99. The van der Waals surface area contributed by atoms with Crippen molar-refractivity contribution < 1.29 is 4.79 Å². The molecule has 1 N–H and O–H groups in total. The molecule has 1 aliphatic rings. The Hall–Kier alpha value is -0.710. The van der Waals surface area contributed by atoms with Gasteiger partial charge in [-0.05, 0) is 56.6 Å². The van der Waals surface area contributed by atoms with Gasteiger partial charge in [-0.2, -0.15) is 0 Å². The van der Waals surface area contributed by atoms with Gasteiger partial charge in [-0.3, -0.25) is 4.79 Å². The number of thioether (sulfide) groups is 1. The van der Waals surface area contributed by atoms with E-state index in [1.165, 1.54) is 4.90 Å². The van der Waals surface area contributed by atoms with Crippen LogP contribution in [0, 0.1) is 5.92 Å². The van der Waals surface area contributed by atoms with E-state index in [0.717, 1.165) is 38.0 Å². The van der Waals surface area contributed by atoms with Gasteiger partial charge in [0.05, 0.1) is 0 Å². The lowest BCUT2D eigenvalue weighted by Crippen LogP contribution is -2.40. The van der Waals surface area contributed by atoms with Crippen LogP contribution in [-0.4, -0.2) is 42.7 Å². The molecule has 1 amide bonds. The molecule has 0 spiro atoms. The van der Waals surface area contributed by atoms with Gasteiger partial charge in [-0.1, -0.05) is 13.8 Å². The standard InChI is InChI=1S/C17H26N2OS.ClH/c1-13(2)21-16-6-4-15(5-7-16)17(20)19-10-8-14(9-11-19)12-18-3;/h4-7,13-14,18H,8-12H2,1-3H3;1H. The molecule has 1 aromatic rings. The summed E-state index contributed by atoms with van der Waals surface area (Å²) >= 11 is 1.83. The second-order valence-electron chi connectivity index (χ2n) is 5.98. The zero-order valence-corrected chi connectivity index (χ0v) is 15.3. The lowest BCUT2D eigenvalue weighted by Gasteiger charge is -2.32. The zero-order valence-electron chi connectivity index (χ0n) is 13.7. The van der Waals surface area contributed by atoms with Gasteiger partial charge in [0.1, 0.15) is 0 Å². The number of halogens is 1. The van der Waals surface area contributed by atoms with Gasteiger partial charge < -0.3 is 10.2 Å². The van der Waals surface area contributed by atoms with Crippen LogP contribution in [0.3, 0.4) is 0 Å². The first-order valence-electron chi connectivity index (χ1n) is 7.80. The first-order valence-corrected chi connectivity index (χ1v) is 8.68. The first kappa shape index (κ1) is 19.3. The summed E-state index contributed by atoms with van der Waals surface area (Å²) in [4.78, 5) is 15.7. The second kappa shape index (κ2) is 9.43. The Labute approximate surface area is 144 Å². The minimum absolute atomic E-state index is 0. The smallest absolute Gasteiger partial charge is 0.253 e. The number of likely N-dealkylation sites (tertiary alicyclic amines) is 1. The van der Waals surface area contributed by atoms with Gasteiger partial charge in [-0.15, -0.1) is 24.2 Å². The highest BCUT2D eigenvalue weighted by atomic mass is 35.5. The minimum atomic E-state index is 0. The molecule has 0 aromatic heterocycles. The van der Waals surface area contributed by atoms with Crippen LogP contribution < -0.4 is 5.32 Å². The maximum atomic E-state index is 12.5. The fourth-order valence-corrected chi connectivity index (χ4v) is 3.60. The molecule has 22 heavy (non-hydrogen) atoms. The molecule has 1 fully saturated rings. The molecule has 1 heterocycles. The number of carbonyl (C=O) groups is 1. The largest absolute Gasteiger partial charge is 0.339 e. The van der Waals surface area contributed by atoms with Gasteiger partial charge >= 0.3 is 0 Å². The Bertz CT molecular complexity index is 456. The van der Waals surface area contributed by atoms with Crippen molar-refractivity contribution in [3.8, 4) is 0 Å². The fraction of sp³-hybridized carbons (Fsp3) is 0.588. The number of nitrogens with zero attached hydrogens (tertiary/aromatic N) is 1. The third kappa shape index (κ3) is 5.49. The molecule has 2 rings (SSSR count). The van der Waals surface area contributed by atoms with Crippen LogP contribution in [0.25, 0.3) is 0 Å². The molecular formula is C17H27ClN2OS. The number of amides is 1. The molecule has 0 aliphatic carbocycles. The highest BCUT2D eigenvalue weighted by Crippen LogP contribution is 2.24. The van der Waals surface area contributed by atoms with Gasteiger partial charge in [0.15, 0.2) is 0 Å². The van der Waals surface area contributed by atoms with Crippen molar-refractivity contribution in [2.24, 2.45) is 5.92 Å². The van der Waals surface area contributed by atoms with Gasteiger partial charge in [-0.25, -0.2) is 0 Å². The highest BCUT2D eigenvalue weighted by molar-refractivity contribution is 7.99. The number of hydrogen-bond acceptors (Lipinski definition) is 3. The Kier molecular flexibility index (Phi) is 8.29. The maximum Gasteiger partial charge on any atom is 0.253 e. The molecule has 0 bridgehead atoms. The number of benzene rings is 1. The van der Waals surface area contributed by atoms with Gasteiger partial charge in [0.2, 0.25) is 0 Å². The topological polar surface area (TPSA) is 32.3 Å². The molecule has 5 heteroatoms. The Morgan fingerprint density at radius 2 is 1.86 bits per heavy atom. The van der Waals surface area contributed by atoms with E-state index >= 15 is 0 Å². The number of carbonyl (C=O) groups excluding carboxylic acids is 1. The van der Waals surface area contributed by atoms with E-state index in [2.05, 4.69) is 31.3 Å². The Balaban J connectivity index is 0.00000242. The Morgan fingerprint density at radius 3 is 2.36 bits per heavy atom. The molecule has 0 unspecified atom stereocenters. The highest BCUT2D eigenvalue weighted by Gasteiger charge is 2.23. The van der Waals surface area contributed by atoms with Crippen LogP contribution in [0.1, 0.15) is 37.0 Å². The van der Waals surface area contributed by atoms with Crippen molar-refractivity contribution in [2.45, 2.75) is 36.8 Å². The summed E-state index contributed by atoms with van der Waals surface area (Å²) in [5, 5.41) is 3.80. The van der Waals surface area contributed by atoms with E-state index in [-0.39, 0.29) is 18.3 Å². The van der Waals surface area contributed by atoms with Crippen LogP contribution in [-0.2, 0) is 0 Å². The second-order valence-corrected chi connectivity index (χ2v) is 7.63. The third-order valence-electron chi connectivity index (χ3n) is 3.87. The van der Waals surface area contributed by atoms with E-state index in [0.29, 0.717) is 11.2 Å². The lowest BCUT2D eigenvalue weighted by molar-refractivity contribution is 0.0691. The van der Waals surface area contributed by atoms with Crippen LogP contribution >= 0.6 is 24.2 Å². The molecule has 0 saturated carbocycles. The van der Waals surface area contributed by atoms with Crippen molar-refractivity contribution in [2.75, 3.05) is 26.7 Å². The molecule has 1 saturated heterocycles. The monoisotopic (exact) mass is 342 g/mol. The van der Waals surface area contributed by atoms with Crippen molar-refractivity contribution in [3.05, 3.63) is 29.8 Å². The van der Waals surface area contributed by atoms with Crippen molar-refractivity contribution in [3.63, 3.8) is 0 Å². The van der Waals surface area contributed by atoms with Crippen LogP contribution in [0.2, 0.25) is 0 Å². The summed E-state index contributed by atoms with van der Waals surface area (Å²) < 4.78 is 0. The minimum Gasteiger partial charge on any atom is -0.339 e. The molecule has 1 aliphatic heterocycles. The van der Waals surface area contributed by atoms with Gasteiger partial charge in [0, 0.05) is 28.8 Å². The van der Waals surface area contributed by atoms with E-state index in [1.54, 1.807) is 0 Å². The quantitative estimate of drug-likeness (QED) is 0.828. The predicted molar refractivity (Wildman–Crippen MR) is 97.2 cm³/mol. The summed E-state index contributed by atoms with van der Waals surface area (Å²) in [5.41, 5.74) is 0.815. The lowest BCUT2D eigenvalue weighted by atomic mass is 9.96. The summed E-state index contributed by atoms with van der Waals surface area (Å²) in [6.07, 6.45) is 2.21. The van der Waals surface area contributed by atoms with Crippen LogP contribution in [0.5, 0.6) is 0 Å². The van der Waals surface area contributed by atoms with Crippen molar-refractivity contribution >= 4 is 30.1 Å². The Morgan fingerprint density at radius 1 is 1.27 bits per heavy atom. The fourth-order valence-electron chi connectivity index (χ4n) is 2.76. The normalized spacial score (nSPS) is 15.7. The molecule has 0 radical (unpaired) electrons. The van der Waals surface area contributed by atoms with E-state index in [4.69, 9.17) is 0 Å². The summed E-state index contributed by atoms with van der Waals surface area (Å²) in [6, 6.07) is 8.05. The average Bonchev–Trinajstić information content (AvgIpc) is 2.48. The van der Waals surface area contributed by atoms with Crippen LogP contribution in [0.4, 0.5) is 0 Å². The van der Waals surface area contributed by atoms with E-state index in [1.807, 2.05) is 35.8 Å². The van der Waals surface area contributed by atoms with Crippen LogP contribution in [0.15, 0.2) is 29.2 Å². The number of rotatable bonds is 5. The van der Waals surface area contributed by atoms with Crippen molar-refractivity contribution in [1.29, 1.82) is 0 Å². The van der Waals surface area contributed by atoms with E-state index < -0.39 is 0 Å². The third-order valence-corrected chi connectivity index (χ3v) is 4.88. The maximum absolute atomic E-state index is 12.5. The van der Waals surface area contributed by atoms with Crippen molar-refractivity contribution in [1.82, 2.24) is 10.2 Å². The zero-order chi connectivity index (χ0) is 15.2. The summed E-state index contributed by atoms with van der Waals surface area (Å²) in [5.74, 6) is 0.892.